The summed E-state index contributed by atoms with van der Waals surface area (Å²) in [5, 5.41) is 8.15. The maximum atomic E-state index is 11.2. The van der Waals surface area contributed by atoms with Gasteiger partial charge in [-0.2, -0.15) is 4.98 Å². The molecule has 0 saturated carbocycles. The highest BCUT2D eigenvalue weighted by atomic mass is 32.2. The number of sulfonamides is 1. The molecule has 3 rings (SSSR count). The molecule has 2 aromatic rings. The van der Waals surface area contributed by atoms with Crippen molar-refractivity contribution < 1.29 is 13.2 Å². The average Bonchev–Trinajstić information content (AvgIpc) is 2.50. The van der Waals surface area contributed by atoms with Crippen LogP contribution in [0, 0.1) is 0 Å². The Morgan fingerprint density at radius 1 is 1.40 bits per heavy atom. The molecule has 0 aliphatic carbocycles. The first-order chi connectivity index (χ1) is 11.9. The van der Waals surface area contributed by atoms with Crippen molar-refractivity contribution in [3.8, 4) is 0 Å². The number of rotatable bonds is 7. The third-order valence-electron chi connectivity index (χ3n) is 3.87. The lowest BCUT2D eigenvalue weighted by Gasteiger charge is -2.40. The van der Waals surface area contributed by atoms with Crippen molar-refractivity contribution >= 4 is 27.6 Å². The highest BCUT2D eigenvalue weighted by Gasteiger charge is 2.30. The van der Waals surface area contributed by atoms with E-state index in [1.807, 2.05) is 0 Å². The van der Waals surface area contributed by atoms with E-state index < -0.39 is 10.0 Å². The van der Waals surface area contributed by atoms with Crippen molar-refractivity contribution in [2.45, 2.75) is 18.2 Å². The number of hydrogen-bond acceptors (Lipinski definition) is 8. The minimum Gasteiger partial charge on any atom is -0.383 e. The third kappa shape index (κ3) is 4.62. The number of anilines is 3. The lowest BCUT2D eigenvalue weighted by molar-refractivity contribution is 0.156. The van der Waals surface area contributed by atoms with E-state index in [0.717, 1.165) is 13.0 Å². The fourth-order valence-electron chi connectivity index (χ4n) is 2.66. The number of methoxy groups -OCH3 is 1. The molecule has 1 aliphatic rings. The van der Waals surface area contributed by atoms with Crippen LogP contribution in [0.1, 0.15) is 12.0 Å². The van der Waals surface area contributed by atoms with Gasteiger partial charge in [-0.05, 0) is 24.1 Å². The van der Waals surface area contributed by atoms with Crippen LogP contribution in [0.5, 0.6) is 0 Å². The van der Waals surface area contributed by atoms with Gasteiger partial charge < -0.3 is 15.0 Å². The molecule has 3 N–H and O–H groups in total. The molecule has 9 nitrogen and oxygen atoms in total. The van der Waals surface area contributed by atoms with Gasteiger partial charge in [0, 0.05) is 19.3 Å². The fourth-order valence-corrected chi connectivity index (χ4v) is 3.30. The van der Waals surface area contributed by atoms with Gasteiger partial charge in [-0.15, -0.1) is 0 Å². The summed E-state index contributed by atoms with van der Waals surface area (Å²) in [6, 6.07) is 7.22. The standard InChI is InChI=1S/C15H20N6O3S/c1-24-8-13-5-6-21(13)15-18-10-17-14(20-15)19-12-4-2-3-11(7-12)9-25(16,22)23/h2-4,7,10,13H,5-6,8-9H2,1H3,(H2,16,22,23)(H,17,18,19,20)/t13-/m1/s1. The molecule has 1 aliphatic heterocycles. The maximum Gasteiger partial charge on any atom is 0.231 e. The number of nitrogens with zero attached hydrogens (tertiary/aromatic N) is 4. The quantitative estimate of drug-likeness (QED) is 0.733. The van der Waals surface area contributed by atoms with E-state index in [1.165, 1.54) is 6.33 Å². The van der Waals surface area contributed by atoms with Gasteiger partial charge in [-0.3, -0.25) is 0 Å². The summed E-state index contributed by atoms with van der Waals surface area (Å²) in [7, 11) is -1.91. The smallest absolute Gasteiger partial charge is 0.231 e. The Balaban J connectivity index is 1.73. The third-order valence-corrected chi connectivity index (χ3v) is 4.61. The lowest BCUT2D eigenvalue weighted by Crippen LogP contribution is -2.51. The van der Waals surface area contributed by atoms with Gasteiger partial charge in [0.1, 0.15) is 6.33 Å². The Labute approximate surface area is 146 Å². The minimum absolute atomic E-state index is 0.225. The molecular weight excluding hydrogens is 344 g/mol. The van der Waals surface area contributed by atoms with Crippen LogP contribution < -0.4 is 15.4 Å². The van der Waals surface area contributed by atoms with Crippen LogP contribution in [0.15, 0.2) is 30.6 Å². The Bertz CT molecular complexity index is 845. The van der Waals surface area contributed by atoms with Gasteiger partial charge in [0.05, 0.1) is 18.4 Å². The van der Waals surface area contributed by atoms with Crippen molar-refractivity contribution in [3.05, 3.63) is 36.2 Å². The van der Waals surface area contributed by atoms with Gasteiger partial charge in [0.15, 0.2) is 0 Å². The first kappa shape index (κ1) is 17.5. The second kappa shape index (κ2) is 7.30. The minimum atomic E-state index is -3.58. The first-order valence-corrected chi connectivity index (χ1v) is 9.47. The molecule has 1 atom stereocenters. The molecule has 1 aromatic heterocycles. The van der Waals surface area contributed by atoms with E-state index in [9.17, 15) is 8.42 Å². The summed E-state index contributed by atoms with van der Waals surface area (Å²) in [4.78, 5) is 14.8. The number of aromatic nitrogens is 3. The van der Waals surface area contributed by atoms with Crippen LogP contribution in [0.4, 0.5) is 17.6 Å². The van der Waals surface area contributed by atoms with Crippen molar-refractivity contribution in [1.82, 2.24) is 15.0 Å². The van der Waals surface area contributed by atoms with E-state index >= 15 is 0 Å². The maximum absolute atomic E-state index is 11.2. The van der Waals surface area contributed by atoms with Crippen LogP contribution in [-0.4, -0.2) is 49.7 Å². The van der Waals surface area contributed by atoms with Crippen LogP contribution in [0.25, 0.3) is 0 Å². The Kier molecular flexibility index (Phi) is 5.11. The normalized spacial score (nSPS) is 17.2. The Morgan fingerprint density at radius 3 is 2.92 bits per heavy atom. The van der Waals surface area contributed by atoms with Crippen molar-refractivity contribution in [3.63, 3.8) is 0 Å². The van der Waals surface area contributed by atoms with Crippen molar-refractivity contribution in [2.75, 3.05) is 30.5 Å². The SMILES string of the molecule is COC[C@H]1CCN1c1ncnc(Nc2cccc(CS(N)(=O)=O)c2)n1. The molecule has 2 heterocycles. The Hall–Kier alpha value is -2.30. The van der Waals surface area contributed by atoms with E-state index in [1.54, 1.807) is 31.4 Å². The number of primary sulfonamides is 1. The van der Waals surface area contributed by atoms with Gasteiger partial charge in [0.25, 0.3) is 0 Å². The predicted molar refractivity (Wildman–Crippen MR) is 94.0 cm³/mol. The molecule has 134 valence electrons. The number of nitrogens with two attached hydrogens (primary N) is 1. The van der Waals surface area contributed by atoms with E-state index in [2.05, 4.69) is 25.2 Å². The molecule has 0 radical (unpaired) electrons. The van der Waals surface area contributed by atoms with Gasteiger partial charge in [0.2, 0.25) is 21.9 Å². The molecule has 1 saturated heterocycles. The van der Waals surface area contributed by atoms with Crippen molar-refractivity contribution in [2.24, 2.45) is 5.14 Å². The predicted octanol–water partition coefficient (Wildman–Crippen LogP) is 0.629. The first-order valence-electron chi connectivity index (χ1n) is 7.75. The molecule has 25 heavy (non-hydrogen) atoms. The summed E-state index contributed by atoms with van der Waals surface area (Å²) in [6.45, 7) is 1.51. The Morgan fingerprint density at radius 2 is 2.24 bits per heavy atom. The molecule has 1 aromatic carbocycles. The summed E-state index contributed by atoms with van der Waals surface area (Å²) in [5.74, 6) is 0.754. The lowest BCUT2D eigenvalue weighted by atomic mass is 10.1. The zero-order chi connectivity index (χ0) is 17.9. The van der Waals surface area contributed by atoms with Crippen molar-refractivity contribution in [1.29, 1.82) is 0 Å². The molecule has 0 spiro atoms. The summed E-state index contributed by atoms with van der Waals surface area (Å²) < 4.78 is 27.6. The zero-order valence-electron chi connectivity index (χ0n) is 13.8. The molecule has 1 fully saturated rings. The highest BCUT2D eigenvalue weighted by Crippen LogP contribution is 2.24. The van der Waals surface area contributed by atoms with E-state index in [0.29, 0.717) is 29.8 Å². The van der Waals surface area contributed by atoms with Gasteiger partial charge >= 0.3 is 0 Å². The molecular formula is C15H20N6O3S. The molecule has 0 bridgehead atoms. The summed E-state index contributed by atoms with van der Waals surface area (Å²) in [5.41, 5.74) is 1.26. The second-order valence-corrected chi connectivity index (χ2v) is 7.45. The average molecular weight is 364 g/mol. The number of hydrogen-bond donors (Lipinski definition) is 2. The second-order valence-electron chi connectivity index (χ2n) is 5.83. The topological polar surface area (TPSA) is 123 Å². The largest absolute Gasteiger partial charge is 0.383 e. The summed E-state index contributed by atoms with van der Waals surface area (Å²) in [6.07, 6.45) is 2.49. The monoisotopic (exact) mass is 364 g/mol. The van der Waals surface area contributed by atoms with Crippen LogP contribution in [0.2, 0.25) is 0 Å². The van der Waals surface area contributed by atoms with Gasteiger partial charge in [-0.1, -0.05) is 12.1 Å². The van der Waals surface area contributed by atoms with Gasteiger partial charge in [-0.25, -0.2) is 23.5 Å². The fraction of sp³-hybridized carbons (Fsp3) is 0.400. The van der Waals surface area contributed by atoms with E-state index in [4.69, 9.17) is 9.88 Å². The van der Waals surface area contributed by atoms with Crippen LogP contribution in [-0.2, 0) is 20.5 Å². The highest BCUT2D eigenvalue weighted by molar-refractivity contribution is 7.88. The number of nitrogens with one attached hydrogen (secondary N) is 1. The number of benzene rings is 1. The molecule has 0 amide bonds. The molecule has 10 heteroatoms. The number of ether oxygens (including phenoxy) is 1. The van der Waals surface area contributed by atoms with E-state index in [-0.39, 0.29) is 11.8 Å². The van der Waals surface area contributed by atoms with Crippen LogP contribution in [0.3, 0.4) is 0 Å². The summed E-state index contributed by atoms with van der Waals surface area (Å²) >= 11 is 0. The van der Waals surface area contributed by atoms with Crippen LogP contribution >= 0.6 is 0 Å². The zero-order valence-corrected chi connectivity index (χ0v) is 14.6. The molecule has 0 unspecified atom stereocenters.